The zero-order valence-corrected chi connectivity index (χ0v) is 9.95. The highest BCUT2D eigenvalue weighted by Crippen LogP contribution is 2.29. The molecule has 2 bridgehead atoms. The number of sulfonamides is 1. The van der Waals surface area contributed by atoms with E-state index in [0.29, 0.717) is 13.1 Å². The van der Waals surface area contributed by atoms with Crippen LogP contribution in [-0.2, 0) is 10.0 Å². The summed E-state index contributed by atoms with van der Waals surface area (Å²) in [4.78, 5) is 0.173. The van der Waals surface area contributed by atoms with Crippen molar-refractivity contribution in [3.63, 3.8) is 0 Å². The minimum absolute atomic E-state index is 0.0510. The Morgan fingerprint density at radius 1 is 1.29 bits per heavy atom. The van der Waals surface area contributed by atoms with Crippen LogP contribution in [0.5, 0.6) is 0 Å². The number of piperazine rings is 1. The van der Waals surface area contributed by atoms with Gasteiger partial charge >= 0.3 is 0 Å². The summed E-state index contributed by atoms with van der Waals surface area (Å²) in [5.74, 6) is -0.423. The van der Waals surface area contributed by atoms with Crippen LogP contribution >= 0.6 is 0 Å². The molecule has 0 amide bonds. The van der Waals surface area contributed by atoms with Gasteiger partial charge in [0.1, 0.15) is 5.82 Å². The average Bonchev–Trinajstić information content (AvgIpc) is 2.91. The fourth-order valence-electron chi connectivity index (χ4n) is 2.56. The lowest BCUT2D eigenvalue weighted by atomic mass is 10.2. The number of hydrogen-bond donors (Lipinski definition) is 1. The van der Waals surface area contributed by atoms with E-state index in [4.69, 9.17) is 0 Å². The van der Waals surface area contributed by atoms with E-state index in [2.05, 4.69) is 5.32 Å². The van der Waals surface area contributed by atoms with Crippen molar-refractivity contribution in [3.8, 4) is 0 Å². The SMILES string of the molecule is O=S(=O)(c1ccc(F)cc1)N1CC2CC1CN2. The summed E-state index contributed by atoms with van der Waals surface area (Å²) >= 11 is 0. The lowest BCUT2D eigenvalue weighted by molar-refractivity contribution is 0.349. The van der Waals surface area contributed by atoms with Crippen LogP contribution in [0, 0.1) is 5.82 Å². The fraction of sp³-hybridized carbons (Fsp3) is 0.455. The summed E-state index contributed by atoms with van der Waals surface area (Å²) in [7, 11) is -3.46. The molecule has 4 nitrogen and oxygen atoms in total. The van der Waals surface area contributed by atoms with E-state index >= 15 is 0 Å². The van der Waals surface area contributed by atoms with Gasteiger partial charge in [-0.1, -0.05) is 0 Å². The molecule has 3 rings (SSSR count). The van der Waals surface area contributed by atoms with Crippen molar-refractivity contribution in [2.24, 2.45) is 0 Å². The molecule has 0 aromatic heterocycles. The number of hydrogen-bond acceptors (Lipinski definition) is 3. The molecule has 92 valence electrons. The Morgan fingerprint density at radius 2 is 2.00 bits per heavy atom. The first-order valence-electron chi connectivity index (χ1n) is 5.58. The van der Waals surface area contributed by atoms with Crippen LogP contribution in [0.3, 0.4) is 0 Å². The third kappa shape index (κ3) is 1.76. The zero-order valence-electron chi connectivity index (χ0n) is 9.14. The smallest absolute Gasteiger partial charge is 0.243 e. The Labute approximate surface area is 99.5 Å². The van der Waals surface area contributed by atoms with Gasteiger partial charge in [-0.15, -0.1) is 0 Å². The summed E-state index contributed by atoms with van der Waals surface area (Å²) in [6, 6.07) is 5.33. The van der Waals surface area contributed by atoms with Crippen molar-refractivity contribution in [1.82, 2.24) is 9.62 Å². The molecule has 1 aromatic rings. The molecule has 0 spiro atoms. The minimum Gasteiger partial charge on any atom is -0.311 e. The van der Waals surface area contributed by atoms with Crippen molar-refractivity contribution in [2.45, 2.75) is 23.4 Å². The molecule has 6 heteroatoms. The topological polar surface area (TPSA) is 49.4 Å². The highest BCUT2D eigenvalue weighted by Gasteiger charge is 2.44. The van der Waals surface area contributed by atoms with E-state index in [1.165, 1.54) is 28.6 Å². The Balaban J connectivity index is 1.93. The molecule has 2 atom stereocenters. The van der Waals surface area contributed by atoms with Crippen molar-refractivity contribution in [3.05, 3.63) is 30.1 Å². The maximum atomic E-state index is 12.8. The summed E-state index contributed by atoms with van der Waals surface area (Å²) in [5.41, 5.74) is 0. The predicted octanol–water partition coefficient (Wildman–Crippen LogP) is 0.561. The molecule has 2 fully saturated rings. The van der Waals surface area contributed by atoms with Crippen molar-refractivity contribution in [2.75, 3.05) is 13.1 Å². The van der Waals surface area contributed by atoms with Crippen LogP contribution in [0.2, 0.25) is 0 Å². The lowest BCUT2D eigenvalue weighted by Gasteiger charge is -2.26. The summed E-state index contributed by atoms with van der Waals surface area (Å²) in [6.45, 7) is 1.23. The Hall–Kier alpha value is -0.980. The van der Waals surface area contributed by atoms with Crippen LogP contribution < -0.4 is 5.32 Å². The van der Waals surface area contributed by atoms with Gasteiger partial charge in [0.25, 0.3) is 0 Å². The third-order valence-electron chi connectivity index (χ3n) is 3.43. The van der Waals surface area contributed by atoms with Gasteiger partial charge in [-0.2, -0.15) is 4.31 Å². The Bertz CT molecular complexity index is 529. The van der Waals surface area contributed by atoms with E-state index in [0.717, 1.165) is 6.42 Å². The maximum absolute atomic E-state index is 12.8. The minimum atomic E-state index is -3.46. The first-order chi connectivity index (χ1) is 8.07. The number of fused-ring (bicyclic) bond motifs is 2. The summed E-state index contributed by atoms with van der Waals surface area (Å²) in [6.07, 6.45) is 0.875. The standard InChI is InChI=1S/C11H13FN2O2S/c12-8-1-3-11(4-2-8)17(15,16)14-7-9-5-10(14)6-13-9/h1-4,9-10,13H,5-7H2. The Kier molecular flexibility index (Phi) is 2.46. The molecule has 0 aliphatic carbocycles. The number of nitrogens with zero attached hydrogens (tertiary/aromatic N) is 1. The zero-order chi connectivity index (χ0) is 12.0. The first-order valence-corrected chi connectivity index (χ1v) is 7.02. The molecule has 0 saturated carbocycles. The fourth-order valence-corrected chi connectivity index (χ4v) is 4.24. The molecule has 2 aliphatic rings. The second kappa shape index (κ2) is 3.76. The molecule has 17 heavy (non-hydrogen) atoms. The predicted molar refractivity (Wildman–Crippen MR) is 60.5 cm³/mol. The van der Waals surface area contributed by atoms with Gasteiger partial charge in [-0.05, 0) is 30.7 Å². The van der Waals surface area contributed by atoms with Crippen molar-refractivity contribution < 1.29 is 12.8 Å². The Morgan fingerprint density at radius 3 is 2.53 bits per heavy atom. The van der Waals surface area contributed by atoms with E-state index in [1.807, 2.05) is 0 Å². The second-order valence-corrected chi connectivity index (χ2v) is 6.41. The monoisotopic (exact) mass is 256 g/mol. The second-order valence-electron chi connectivity index (χ2n) is 4.52. The van der Waals surface area contributed by atoms with Gasteiger partial charge in [0, 0.05) is 25.2 Å². The number of benzene rings is 1. The average molecular weight is 256 g/mol. The van der Waals surface area contributed by atoms with Crippen molar-refractivity contribution in [1.29, 1.82) is 0 Å². The van der Waals surface area contributed by atoms with E-state index in [-0.39, 0.29) is 17.0 Å². The normalized spacial score (nSPS) is 28.8. The van der Waals surface area contributed by atoms with E-state index < -0.39 is 15.8 Å². The first kappa shape index (κ1) is 11.1. The molecule has 0 radical (unpaired) electrons. The lowest BCUT2D eigenvalue weighted by Crippen LogP contribution is -2.46. The number of nitrogens with one attached hydrogen (secondary N) is 1. The van der Waals surface area contributed by atoms with E-state index in [9.17, 15) is 12.8 Å². The highest BCUT2D eigenvalue weighted by molar-refractivity contribution is 7.89. The number of halogens is 1. The van der Waals surface area contributed by atoms with Crippen LogP contribution in [-0.4, -0.2) is 37.9 Å². The molecule has 2 aliphatic heterocycles. The molecule has 2 saturated heterocycles. The van der Waals surface area contributed by atoms with Crippen molar-refractivity contribution >= 4 is 10.0 Å². The third-order valence-corrected chi connectivity index (χ3v) is 5.36. The van der Waals surface area contributed by atoms with Gasteiger partial charge in [0.05, 0.1) is 4.90 Å². The number of rotatable bonds is 2. The van der Waals surface area contributed by atoms with Crippen LogP contribution in [0.25, 0.3) is 0 Å². The molecule has 2 heterocycles. The van der Waals surface area contributed by atoms with Crippen LogP contribution in [0.15, 0.2) is 29.2 Å². The molecular weight excluding hydrogens is 243 g/mol. The largest absolute Gasteiger partial charge is 0.311 e. The maximum Gasteiger partial charge on any atom is 0.243 e. The molecule has 1 N–H and O–H groups in total. The van der Waals surface area contributed by atoms with Gasteiger partial charge in [0.15, 0.2) is 0 Å². The van der Waals surface area contributed by atoms with E-state index in [1.54, 1.807) is 0 Å². The summed E-state index contributed by atoms with van der Waals surface area (Å²) < 4.78 is 38.9. The molecular formula is C11H13FN2O2S. The van der Waals surface area contributed by atoms with Crippen LogP contribution in [0.4, 0.5) is 4.39 Å². The highest BCUT2D eigenvalue weighted by atomic mass is 32.2. The molecule has 2 unspecified atom stereocenters. The van der Waals surface area contributed by atoms with Gasteiger partial charge in [0.2, 0.25) is 10.0 Å². The van der Waals surface area contributed by atoms with Gasteiger partial charge < -0.3 is 5.32 Å². The van der Waals surface area contributed by atoms with Gasteiger partial charge in [-0.25, -0.2) is 12.8 Å². The summed E-state index contributed by atoms with van der Waals surface area (Å²) in [5, 5.41) is 3.25. The van der Waals surface area contributed by atoms with Gasteiger partial charge in [-0.3, -0.25) is 0 Å². The van der Waals surface area contributed by atoms with Crippen LogP contribution in [0.1, 0.15) is 6.42 Å². The molecule has 1 aromatic carbocycles. The quantitative estimate of drug-likeness (QED) is 0.841.